The van der Waals surface area contributed by atoms with Crippen LogP contribution in [-0.4, -0.2) is 53.4 Å². The summed E-state index contributed by atoms with van der Waals surface area (Å²) in [4.78, 5) is 25.1. The summed E-state index contributed by atoms with van der Waals surface area (Å²) in [7, 11) is -4.14. The number of carbonyl (C=O) groups excluding carboxylic acids is 2. The Morgan fingerprint density at radius 1 is 1.07 bits per heavy atom. The molecule has 1 unspecified atom stereocenters. The van der Waals surface area contributed by atoms with E-state index >= 15 is 0 Å². The van der Waals surface area contributed by atoms with Gasteiger partial charge in [-0.1, -0.05) is 31.9 Å². The molecule has 0 saturated heterocycles. The second-order valence-electron chi connectivity index (χ2n) is 11.1. The van der Waals surface area contributed by atoms with Gasteiger partial charge in [-0.15, -0.1) is 0 Å². The first-order valence-electron chi connectivity index (χ1n) is 13.3. The van der Waals surface area contributed by atoms with Gasteiger partial charge in [-0.2, -0.15) is 0 Å². The summed E-state index contributed by atoms with van der Waals surface area (Å²) in [6.45, 7) is 3.49. The zero-order valence-electron chi connectivity index (χ0n) is 22.5. The number of nitrogens with one attached hydrogen (secondary N) is 2. The molecule has 2 aliphatic carbocycles. The third kappa shape index (κ3) is 6.40. The molecule has 8 nitrogen and oxygen atoms in total. The van der Waals surface area contributed by atoms with Gasteiger partial charge in [0.25, 0.3) is 5.91 Å². The third-order valence-electron chi connectivity index (χ3n) is 8.32. The number of hydrogen-bond acceptors (Lipinski definition) is 6. The largest absolute Gasteiger partial charge is 0.393 e. The quantitative estimate of drug-likeness (QED) is 0.326. The number of sulfone groups is 1. The van der Waals surface area contributed by atoms with Gasteiger partial charge in [-0.3, -0.25) is 9.59 Å². The van der Waals surface area contributed by atoms with Crippen LogP contribution in [0.25, 0.3) is 0 Å². The lowest BCUT2D eigenvalue weighted by molar-refractivity contribution is -0.139. The van der Waals surface area contributed by atoms with Crippen LogP contribution in [0.5, 0.6) is 0 Å². The van der Waals surface area contributed by atoms with E-state index in [1.165, 1.54) is 12.1 Å². The van der Waals surface area contributed by atoms with Gasteiger partial charge in [0.1, 0.15) is 0 Å². The van der Waals surface area contributed by atoms with Gasteiger partial charge < -0.3 is 20.8 Å². The molecule has 2 amide bonds. The predicted molar refractivity (Wildman–Crippen MR) is 146 cm³/mol. The molecule has 2 saturated carbocycles. The Labute approximate surface area is 241 Å². The lowest BCUT2D eigenvalue weighted by atomic mass is 9.66. The molecule has 2 fully saturated rings. The highest BCUT2D eigenvalue weighted by Gasteiger charge is 2.51. The standard InChI is InChI=1S/C28H32ClF3N2O6S/c1-3-16-8-20(6-14(2)28(16,38)13-25(36)33-17-9-19(35)10-17)41(39,40)24-7-15(4-5-21(24)29)27(37)34-18-11-22(30)26(32)23(31)12-18/h4-5,7,11-12,14,16-17,19-20,35,38H,3,6,8-10,13H2,1-2H3,(H,33,36)(H,34,37)/t14-,16?,17?,19?,20-,28-/m0/s1. The minimum atomic E-state index is -4.14. The Bertz CT molecular complexity index is 1430. The molecule has 41 heavy (non-hydrogen) atoms. The fraction of sp³-hybridized carbons (Fsp3) is 0.500. The molecule has 4 rings (SSSR count). The molecule has 0 radical (unpaired) electrons. The van der Waals surface area contributed by atoms with E-state index in [-0.39, 0.29) is 52.4 Å². The summed E-state index contributed by atoms with van der Waals surface area (Å²) < 4.78 is 68.0. The summed E-state index contributed by atoms with van der Waals surface area (Å²) in [5, 5.41) is 25.0. The molecule has 2 aliphatic rings. The lowest BCUT2D eigenvalue weighted by Gasteiger charge is -2.47. The van der Waals surface area contributed by atoms with E-state index in [0.717, 1.165) is 6.07 Å². The summed E-state index contributed by atoms with van der Waals surface area (Å²) in [5.74, 6) is -7.07. The molecule has 0 spiro atoms. The molecule has 0 heterocycles. The van der Waals surface area contributed by atoms with Crippen molar-refractivity contribution in [1.82, 2.24) is 5.32 Å². The van der Waals surface area contributed by atoms with E-state index in [9.17, 15) is 41.4 Å². The predicted octanol–water partition coefficient (Wildman–Crippen LogP) is 4.37. The van der Waals surface area contributed by atoms with Gasteiger partial charge in [0.2, 0.25) is 5.91 Å². The highest BCUT2D eigenvalue weighted by atomic mass is 35.5. The number of rotatable bonds is 8. The highest BCUT2D eigenvalue weighted by molar-refractivity contribution is 7.92. The average molecular weight is 617 g/mol. The van der Waals surface area contributed by atoms with Crippen molar-refractivity contribution in [3.8, 4) is 0 Å². The fourth-order valence-corrected chi connectivity index (χ4v) is 8.28. The minimum absolute atomic E-state index is 0.0334. The Morgan fingerprint density at radius 3 is 2.29 bits per heavy atom. The molecule has 4 atom stereocenters. The number of hydrogen-bond donors (Lipinski definition) is 4. The van der Waals surface area contributed by atoms with Crippen LogP contribution in [0.15, 0.2) is 35.2 Å². The second kappa shape index (κ2) is 11.9. The molecule has 13 heteroatoms. The Balaban J connectivity index is 1.53. The topological polar surface area (TPSA) is 133 Å². The van der Waals surface area contributed by atoms with Gasteiger partial charge in [0.05, 0.1) is 33.3 Å². The molecule has 2 aromatic rings. The number of benzene rings is 2. The van der Waals surface area contributed by atoms with E-state index in [1.54, 1.807) is 13.8 Å². The van der Waals surface area contributed by atoms with Gasteiger partial charge in [-0.25, -0.2) is 21.6 Å². The minimum Gasteiger partial charge on any atom is -0.393 e. The van der Waals surface area contributed by atoms with Crippen LogP contribution in [-0.2, 0) is 14.6 Å². The van der Waals surface area contributed by atoms with E-state index in [4.69, 9.17) is 11.6 Å². The molecule has 0 bridgehead atoms. The number of anilines is 1. The van der Waals surface area contributed by atoms with Crippen LogP contribution in [0.1, 0.15) is 62.7 Å². The van der Waals surface area contributed by atoms with E-state index < -0.39 is 62.0 Å². The van der Waals surface area contributed by atoms with Crippen LogP contribution < -0.4 is 10.6 Å². The van der Waals surface area contributed by atoms with E-state index in [2.05, 4.69) is 10.6 Å². The summed E-state index contributed by atoms with van der Waals surface area (Å²) in [5.41, 5.74) is -1.98. The summed E-state index contributed by atoms with van der Waals surface area (Å²) in [6.07, 6.45) is 0.744. The molecule has 2 aromatic carbocycles. The van der Waals surface area contributed by atoms with Crippen molar-refractivity contribution >= 4 is 38.9 Å². The molecule has 0 aliphatic heterocycles. The number of amides is 2. The van der Waals surface area contributed by atoms with Crippen molar-refractivity contribution in [2.24, 2.45) is 11.8 Å². The molecule has 224 valence electrons. The second-order valence-corrected chi connectivity index (χ2v) is 13.7. The van der Waals surface area contributed by atoms with Crippen LogP contribution in [0.3, 0.4) is 0 Å². The average Bonchev–Trinajstić information content (AvgIpc) is 2.87. The number of halogens is 4. The van der Waals surface area contributed by atoms with Crippen LogP contribution >= 0.6 is 11.6 Å². The summed E-state index contributed by atoms with van der Waals surface area (Å²) in [6, 6.07) is 4.56. The maximum atomic E-state index is 13.8. The Hall–Kier alpha value is -2.67. The van der Waals surface area contributed by atoms with Gasteiger partial charge in [0.15, 0.2) is 27.3 Å². The lowest BCUT2D eigenvalue weighted by Crippen LogP contribution is -2.55. The van der Waals surface area contributed by atoms with Crippen molar-refractivity contribution in [2.45, 2.75) is 80.3 Å². The number of aliphatic hydroxyl groups is 2. The van der Waals surface area contributed by atoms with Crippen molar-refractivity contribution in [3.63, 3.8) is 0 Å². The first-order chi connectivity index (χ1) is 19.1. The zero-order chi connectivity index (χ0) is 30.3. The van der Waals surface area contributed by atoms with Gasteiger partial charge in [0, 0.05) is 29.4 Å². The van der Waals surface area contributed by atoms with E-state index in [1.807, 2.05) is 0 Å². The smallest absolute Gasteiger partial charge is 0.255 e. The number of carbonyl (C=O) groups is 2. The Kier molecular flexibility index (Phi) is 9.08. The Morgan fingerprint density at radius 2 is 1.71 bits per heavy atom. The normalized spacial score (nSPS) is 28.0. The van der Waals surface area contributed by atoms with Crippen LogP contribution in [0.4, 0.5) is 18.9 Å². The van der Waals surface area contributed by atoms with Gasteiger partial charge in [-0.05, 0) is 55.7 Å². The van der Waals surface area contributed by atoms with Crippen LogP contribution in [0, 0.1) is 29.3 Å². The molecular formula is C28H32ClF3N2O6S. The summed E-state index contributed by atoms with van der Waals surface area (Å²) >= 11 is 6.26. The maximum Gasteiger partial charge on any atom is 0.255 e. The van der Waals surface area contributed by atoms with Gasteiger partial charge >= 0.3 is 0 Å². The fourth-order valence-electron chi connectivity index (χ4n) is 5.83. The third-order valence-corrected chi connectivity index (χ3v) is 11.0. The SMILES string of the molecule is CCC1C[C@@H](S(=O)(=O)c2cc(C(=O)Nc3cc(F)c(F)c(F)c3)ccc2Cl)C[C@H](C)[C@@]1(O)CC(=O)NC1CC(O)C1. The molecular weight excluding hydrogens is 585 g/mol. The number of aliphatic hydroxyl groups excluding tert-OH is 1. The van der Waals surface area contributed by atoms with Crippen molar-refractivity contribution < 1.29 is 41.4 Å². The highest BCUT2D eigenvalue weighted by Crippen LogP contribution is 2.46. The molecule has 0 aromatic heterocycles. The van der Waals surface area contributed by atoms with Crippen molar-refractivity contribution in [3.05, 3.63) is 58.4 Å². The van der Waals surface area contributed by atoms with Crippen LogP contribution in [0.2, 0.25) is 5.02 Å². The first-order valence-corrected chi connectivity index (χ1v) is 15.3. The zero-order valence-corrected chi connectivity index (χ0v) is 24.0. The van der Waals surface area contributed by atoms with E-state index in [0.29, 0.717) is 31.4 Å². The first kappa shape index (κ1) is 31.3. The van der Waals surface area contributed by atoms with Crippen molar-refractivity contribution in [1.29, 1.82) is 0 Å². The molecule has 4 N–H and O–H groups in total. The monoisotopic (exact) mass is 616 g/mol. The van der Waals surface area contributed by atoms with Crippen molar-refractivity contribution in [2.75, 3.05) is 5.32 Å². The maximum absolute atomic E-state index is 13.8.